The number of para-hydroxylation sites is 2. The highest BCUT2D eigenvalue weighted by Gasteiger charge is 2.29. The molecule has 4 rings (SSSR count). The monoisotopic (exact) mass is 423 g/mol. The molecular weight excluding hydrogens is 398 g/mol. The number of anilines is 1. The fraction of sp³-hybridized carbons (Fsp3) is 0.304. The minimum absolute atomic E-state index is 0.0169. The van der Waals surface area contributed by atoms with Crippen LogP contribution in [0.15, 0.2) is 60.0 Å². The van der Waals surface area contributed by atoms with E-state index in [1.54, 1.807) is 12.0 Å². The van der Waals surface area contributed by atoms with Crippen LogP contribution < -0.4 is 9.64 Å². The van der Waals surface area contributed by atoms with Crippen LogP contribution in [-0.4, -0.2) is 67.2 Å². The molecule has 7 heteroatoms. The molecule has 0 N–H and O–H groups in total. The van der Waals surface area contributed by atoms with E-state index in [-0.39, 0.29) is 18.4 Å². The number of benzene rings is 2. The highest BCUT2D eigenvalue weighted by atomic mass is 32.2. The summed E-state index contributed by atoms with van der Waals surface area (Å²) in [6, 6.07) is 17.7. The fourth-order valence-corrected chi connectivity index (χ4v) is 4.60. The zero-order chi connectivity index (χ0) is 20.9. The molecule has 2 aliphatic heterocycles. The molecule has 2 aliphatic rings. The van der Waals surface area contributed by atoms with Crippen LogP contribution in [0.2, 0.25) is 0 Å². The van der Waals surface area contributed by atoms with E-state index in [4.69, 9.17) is 4.74 Å². The van der Waals surface area contributed by atoms with Crippen molar-refractivity contribution in [2.24, 2.45) is 0 Å². The number of thioether (sulfide) groups is 1. The van der Waals surface area contributed by atoms with Gasteiger partial charge in [0.15, 0.2) is 0 Å². The van der Waals surface area contributed by atoms with Gasteiger partial charge < -0.3 is 19.4 Å². The van der Waals surface area contributed by atoms with Gasteiger partial charge in [0, 0.05) is 26.2 Å². The van der Waals surface area contributed by atoms with E-state index >= 15 is 0 Å². The van der Waals surface area contributed by atoms with Crippen molar-refractivity contribution in [3.05, 3.63) is 65.6 Å². The number of amides is 2. The Morgan fingerprint density at radius 2 is 1.70 bits per heavy atom. The molecule has 0 atom stereocenters. The summed E-state index contributed by atoms with van der Waals surface area (Å²) >= 11 is 1.48. The van der Waals surface area contributed by atoms with Crippen molar-refractivity contribution in [3.8, 4) is 5.75 Å². The average molecular weight is 424 g/mol. The summed E-state index contributed by atoms with van der Waals surface area (Å²) in [6.07, 6.45) is 0. The molecule has 2 amide bonds. The molecule has 0 saturated carbocycles. The number of carbonyl (C=O) groups excluding carboxylic acids is 2. The maximum absolute atomic E-state index is 13.0. The summed E-state index contributed by atoms with van der Waals surface area (Å²) in [7, 11) is 1.67. The van der Waals surface area contributed by atoms with Gasteiger partial charge in [-0.3, -0.25) is 9.59 Å². The Bertz CT molecular complexity index is 940. The summed E-state index contributed by atoms with van der Waals surface area (Å²) in [5.74, 6) is 1.16. The molecule has 0 unspecified atom stereocenters. The van der Waals surface area contributed by atoms with Gasteiger partial charge in [-0.25, -0.2) is 0 Å². The molecule has 0 aromatic heterocycles. The third-order valence-electron chi connectivity index (χ3n) is 5.41. The first-order valence-corrected chi connectivity index (χ1v) is 11.1. The maximum Gasteiger partial charge on any atom is 0.242 e. The van der Waals surface area contributed by atoms with Gasteiger partial charge in [-0.1, -0.05) is 42.5 Å². The third kappa shape index (κ3) is 4.31. The molecule has 1 fully saturated rings. The molecule has 0 aliphatic carbocycles. The van der Waals surface area contributed by atoms with E-state index < -0.39 is 0 Å². The first-order chi connectivity index (χ1) is 14.7. The second-order valence-electron chi connectivity index (χ2n) is 7.20. The second-order valence-corrected chi connectivity index (χ2v) is 8.06. The SMILES string of the molecule is COc1ccccc1N1CCN(C(=O)CN2C(=O)CSC=C2c2ccccc2)CC1. The lowest BCUT2D eigenvalue weighted by molar-refractivity contribution is -0.137. The Hall–Kier alpha value is -2.93. The number of carbonyl (C=O) groups is 2. The predicted octanol–water partition coefficient (Wildman–Crippen LogP) is 2.92. The van der Waals surface area contributed by atoms with Gasteiger partial charge in [-0.15, -0.1) is 11.8 Å². The van der Waals surface area contributed by atoms with Gasteiger partial charge >= 0.3 is 0 Å². The fourth-order valence-electron chi connectivity index (χ4n) is 3.80. The molecule has 30 heavy (non-hydrogen) atoms. The lowest BCUT2D eigenvalue weighted by Crippen LogP contribution is -2.52. The van der Waals surface area contributed by atoms with Crippen molar-refractivity contribution in [2.75, 3.05) is 50.5 Å². The first-order valence-electron chi connectivity index (χ1n) is 10.0. The first kappa shape index (κ1) is 20.3. The molecule has 0 bridgehead atoms. The molecule has 2 aromatic rings. The van der Waals surface area contributed by atoms with Crippen molar-refractivity contribution in [3.63, 3.8) is 0 Å². The molecule has 2 aromatic carbocycles. The van der Waals surface area contributed by atoms with Crippen molar-refractivity contribution in [1.82, 2.24) is 9.80 Å². The van der Waals surface area contributed by atoms with E-state index in [0.29, 0.717) is 18.8 Å². The topological polar surface area (TPSA) is 53.1 Å². The largest absolute Gasteiger partial charge is 0.495 e. The second kappa shape index (κ2) is 9.26. The summed E-state index contributed by atoms with van der Waals surface area (Å²) in [5.41, 5.74) is 2.80. The highest BCUT2D eigenvalue weighted by Crippen LogP contribution is 2.30. The third-order valence-corrected chi connectivity index (χ3v) is 6.22. The smallest absolute Gasteiger partial charge is 0.242 e. The van der Waals surface area contributed by atoms with Gasteiger partial charge in [0.25, 0.3) is 0 Å². The molecule has 156 valence electrons. The van der Waals surface area contributed by atoms with Crippen LogP contribution in [0.25, 0.3) is 5.70 Å². The number of ether oxygens (including phenoxy) is 1. The number of rotatable bonds is 5. The van der Waals surface area contributed by atoms with E-state index in [9.17, 15) is 9.59 Å². The zero-order valence-electron chi connectivity index (χ0n) is 17.0. The highest BCUT2D eigenvalue weighted by molar-refractivity contribution is 8.03. The Balaban J connectivity index is 1.41. The normalized spacial score (nSPS) is 17.0. The van der Waals surface area contributed by atoms with Crippen molar-refractivity contribution < 1.29 is 14.3 Å². The minimum Gasteiger partial charge on any atom is -0.495 e. The Morgan fingerprint density at radius 1 is 1.00 bits per heavy atom. The number of hydrogen-bond donors (Lipinski definition) is 0. The summed E-state index contributed by atoms with van der Waals surface area (Å²) in [6.45, 7) is 2.79. The number of methoxy groups -OCH3 is 1. The summed E-state index contributed by atoms with van der Waals surface area (Å²) in [4.78, 5) is 31.3. The molecule has 0 spiro atoms. The van der Waals surface area contributed by atoms with Gasteiger partial charge in [0.1, 0.15) is 12.3 Å². The number of nitrogens with zero attached hydrogens (tertiary/aromatic N) is 3. The van der Waals surface area contributed by atoms with E-state index in [1.165, 1.54) is 11.8 Å². The molecular formula is C23H25N3O3S. The van der Waals surface area contributed by atoms with Crippen molar-refractivity contribution in [2.45, 2.75) is 0 Å². The Labute approximate surface area is 181 Å². The van der Waals surface area contributed by atoms with Crippen molar-refractivity contribution >= 4 is 35.0 Å². The van der Waals surface area contributed by atoms with Gasteiger partial charge in [-0.05, 0) is 23.1 Å². The number of piperazine rings is 1. The molecule has 0 radical (unpaired) electrons. The standard InChI is InChI=1S/C23H25N3O3S/c1-29-21-10-6-5-9-19(21)24-11-13-25(14-12-24)22(27)15-26-20(16-30-17-23(26)28)18-7-3-2-4-8-18/h2-10,16H,11-15,17H2,1H3. The van der Waals surface area contributed by atoms with Crippen LogP contribution >= 0.6 is 11.8 Å². The van der Waals surface area contributed by atoms with Crippen LogP contribution in [-0.2, 0) is 9.59 Å². The Morgan fingerprint density at radius 3 is 2.43 bits per heavy atom. The van der Waals surface area contributed by atoms with E-state index in [2.05, 4.69) is 4.90 Å². The Kier molecular flexibility index (Phi) is 6.28. The lowest BCUT2D eigenvalue weighted by atomic mass is 10.1. The van der Waals surface area contributed by atoms with Gasteiger partial charge in [-0.2, -0.15) is 0 Å². The predicted molar refractivity (Wildman–Crippen MR) is 120 cm³/mol. The zero-order valence-corrected chi connectivity index (χ0v) is 17.8. The lowest BCUT2D eigenvalue weighted by Gasteiger charge is -2.38. The maximum atomic E-state index is 13.0. The van der Waals surface area contributed by atoms with Gasteiger partial charge in [0.05, 0.1) is 24.2 Å². The van der Waals surface area contributed by atoms with Crippen LogP contribution in [0, 0.1) is 0 Å². The van der Waals surface area contributed by atoms with Crippen LogP contribution in [0.1, 0.15) is 5.56 Å². The van der Waals surface area contributed by atoms with E-state index in [0.717, 1.165) is 35.8 Å². The van der Waals surface area contributed by atoms with Crippen LogP contribution in [0.5, 0.6) is 5.75 Å². The molecule has 6 nitrogen and oxygen atoms in total. The quantitative estimate of drug-likeness (QED) is 0.740. The minimum atomic E-state index is -0.0256. The molecule has 1 saturated heterocycles. The summed E-state index contributed by atoms with van der Waals surface area (Å²) in [5, 5.41) is 1.98. The van der Waals surface area contributed by atoms with Crippen LogP contribution in [0.4, 0.5) is 5.69 Å². The average Bonchev–Trinajstić information content (AvgIpc) is 2.81. The van der Waals surface area contributed by atoms with Crippen molar-refractivity contribution in [1.29, 1.82) is 0 Å². The van der Waals surface area contributed by atoms with E-state index in [1.807, 2.05) is 64.9 Å². The van der Waals surface area contributed by atoms with Crippen LogP contribution in [0.3, 0.4) is 0 Å². The number of hydrogen-bond acceptors (Lipinski definition) is 5. The summed E-state index contributed by atoms with van der Waals surface area (Å²) < 4.78 is 5.46. The molecule has 2 heterocycles. The van der Waals surface area contributed by atoms with Gasteiger partial charge in [0.2, 0.25) is 11.8 Å².